The van der Waals surface area contributed by atoms with Crippen molar-refractivity contribution in [3.05, 3.63) is 58.1 Å². The average molecular weight is 465 g/mol. The third-order valence-electron chi connectivity index (χ3n) is 4.49. The van der Waals surface area contributed by atoms with Gasteiger partial charge in [0, 0.05) is 37.5 Å². The van der Waals surface area contributed by atoms with Crippen LogP contribution in [-0.4, -0.2) is 56.2 Å². The fraction of sp³-hybridized carbons (Fsp3) is 0.300. The number of carbonyl (C=O) groups excluding carboxylic acids is 2. The third kappa shape index (κ3) is 5.80. The molecule has 2 rings (SSSR count). The zero-order valence-corrected chi connectivity index (χ0v) is 18.6. The molecular formula is C20H24N4O7S. The zero-order chi connectivity index (χ0) is 23.9. The molecular weight excluding hydrogens is 440 g/mol. The maximum absolute atomic E-state index is 12.6. The minimum atomic E-state index is -3.89. The number of rotatable bonds is 10. The van der Waals surface area contributed by atoms with Gasteiger partial charge < -0.3 is 15.4 Å². The highest BCUT2D eigenvalue weighted by Gasteiger charge is 2.26. The molecule has 0 aromatic heterocycles. The average Bonchev–Trinajstić information content (AvgIpc) is 2.78. The Hall–Kier alpha value is -3.51. The van der Waals surface area contributed by atoms with E-state index in [1.165, 1.54) is 41.7 Å². The molecule has 0 aliphatic carbocycles. The Balaban J connectivity index is 2.13. The molecule has 0 aliphatic rings. The van der Waals surface area contributed by atoms with E-state index in [2.05, 4.69) is 10.6 Å². The molecule has 2 aromatic carbocycles. The van der Waals surface area contributed by atoms with Crippen LogP contribution in [0, 0.1) is 10.1 Å². The summed E-state index contributed by atoms with van der Waals surface area (Å²) in [6, 6.07) is 9.36. The molecule has 172 valence electrons. The lowest BCUT2D eigenvalue weighted by Gasteiger charge is -2.18. The Morgan fingerprint density at radius 2 is 1.72 bits per heavy atom. The molecule has 32 heavy (non-hydrogen) atoms. The van der Waals surface area contributed by atoms with Crippen LogP contribution in [0.5, 0.6) is 5.75 Å². The minimum Gasteiger partial charge on any atom is -0.477 e. The van der Waals surface area contributed by atoms with Crippen molar-refractivity contribution in [1.29, 1.82) is 0 Å². The van der Waals surface area contributed by atoms with E-state index in [9.17, 15) is 28.1 Å². The second-order valence-electron chi connectivity index (χ2n) is 6.47. The van der Waals surface area contributed by atoms with E-state index in [0.29, 0.717) is 11.3 Å². The maximum atomic E-state index is 12.6. The first kappa shape index (κ1) is 24.8. The zero-order valence-electron chi connectivity index (χ0n) is 17.8. The van der Waals surface area contributed by atoms with Crippen molar-refractivity contribution in [3.63, 3.8) is 0 Å². The number of amides is 2. The monoisotopic (exact) mass is 464 g/mol. The van der Waals surface area contributed by atoms with Gasteiger partial charge in [0.25, 0.3) is 11.8 Å². The normalized spacial score (nSPS) is 11.1. The predicted octanol–water partition coefficient (Wildman–Crippen LogP) is 2.00. The van der Waals surface area contributed by atoms with Crippen molar-refractivity contribution in [2.24, 2.45) is 0 Å². The summed E-state index contributed by atoms with van der Waals surface area (Å²) >= 11 is 0. The van der Waals surface area contributed by atoms with Gasteiger partial charge in [-0.1, -0.05) is 13.8 Å². The number of carbonyl (C=O) groups is 2. The van der Waals surface area contributed by atoms with Gasteiger partial charge in [-0.15, -0.1) is 0 Å². The topological polar surface area (TPSA) is 148 Å². The summed E-state index contributed by atoms with van der Waals surface area (Å²) in [5.41, 5.74) is 0.250. The van der Waals surface area contributed by atoms with E-state index >= 15 is 0 Å². The molecule has 0 spiro atoms. The molecule has 0 atom stereocenters. The molecule has 0 bridgehead atoms. The van der Waals surface area contributed by atoms with Crippen LogP contribution in [-0.2, 0) is 14.8 Å². The molecule has 2 N–H and O–H groups in total. The van der Waals surface area contributed by atoms with Crippen LogP contribution < -0.4 is 15.4 Å². The summed E-state index contributed by atoms with van der Waals surface area (Å²) in [4.78, 5) is 34.1. The molecule has 0 heterocycles. The molecule has 0 unspecified atom stereocenters. The third-order valence-corrected chi connectivity index (χ3v) is 6.53. The van der Waals surface area contributed by atoms with Crippen LogP contribution in [0.15, 0.2) is 47.4 Å². The summed E-state index contributed by atoms with van der Waals surface area (Å²) in [6.07, 6.45) is 0. The van der Waals surface area contributed by atoms with Gasteiger partial charge in [0.2, 0.25) is 10.0 Å². The second kappa shape index (κ2) is 10.7. The van der Waals surface area contributed by atoms with E-state index in [-0.39, 0.29) is 29.6 Å². The van der Waals surface area contributed by atoms with Gasteiger partial charge in [-0.2, -0.15) is 4.31 Å². The van der Waals surface area contributed by atoms with Crippen LogP contribution in [0.4, 0.5) is 11.4 Å². The number of nitrogens with one attached hydrogen (secondary N) is 2. The number of ether oxygens (including phenoxy) is 1. The summed E-state index contributed by atoms with van der Waals surface area (Å²) in [6.45, 7) is 3.22. The molecule has 2 amide bonds. The van der Waals surface area contributed by atoms with Crippen LogP contribution in [0.25, 0.3) is 0 Å². The summed E-state index contributed by atoms with van der Waals surface area (Å²) in [7, 11) is -2.39. The fourth-order valence-electron chi connectivity index (χ4n) is 2.82. The first-order valence-electron chi connectivity index (χ1n) is 9.67. The predicted molar refractivity (Wildman–Crippen MR) is 117 cm³/mol. The first-order valence-corrected chi connectivity index (χ1v) is 11.1. The Bertz CT molecular complexity index is 1100. The lowest BCUT2D eigenvalue weighted by atomic mass is 10.2. The number of benzene rings is 2. The Kier molecular flexibility index (Phi) is 8.27. The smallest absolute Gasteiger partial charge is 0.312 e. The summed E-state index contributed by atoms with van der Waals surface area (Å²) in [5.74, 6) is -1.10. The second-order valence-corrected chi connectivity index (χ2v) is 8.41. The minimum absolute atomic E-state index is 0.217. The van der Waals surface area contributed by atoms with Gasteiger partial charge in [0.1, 0.15) is 0 Å². The maximum Gasteiger partial charge on any atom is 0.312 e. The molecule has 0 saturated heterocycles. The van der Waals surface area contributed by atoms with Gasteiger partial charge in [0.15, 0.2) is 12.4 Å². The molecule has 0 radical (unpaired) electrons. The standard InChI is InChI=1S/C20H24N4O7S/c1-4-23(5-2)32(29,30)16-10-11-18(17(12-16)24(27)28)31-13-19(25)22-15-8-6-14(7-9-15)20(26)21-3/h6-12H,4-5,13H2,1-3H3,(H,21,26)(H,22,25). The Morgan fingerprint density at radius 1 is 1.09 bits per heavy atom. The fourth-order valence-corrected chi connectivity index (χ4v) is 4.30. The van der Waals surface area contributed by atoms with Gasteiger partial charge in [0.05, 0.1) is 9.82 Å². The molecule has 2 aromatic rings. The molecule has 12 heteroatoms. The van der Waals surface area contributed by atoms with E-state index in [1.807, 2.05) is 0 Å². The number of anilines is 1. The van der Waals surface area contributed by atoms with E-state index < -0.39 is 33.1 Å². The number of hydrogen-bond acceptors (Lipinski definition) is 7. The van der Waals surface area contributed by atoms with E-state index in [1.54, 1.807) is 13.8 Å². The Labute approximate surface area is 185 Å². The number of sulfonamides is 1. The molecule has 0 fully saturated rings. The van der Waals surface area contributed by atoms with Crippen LogP contribution in [0.2, 0.25) is 0 Å². The molecule has 0 saturated carbocycles. The summed E-state index contributed by atoms with van der Waals surface area (Å²) in [5, 5.41) is 16.5. The number of nitrogens with zero attached hydrogens (tertiary/aromatic N) is 2. The molecule has 11 nitrogen and oxygen atoms in total. The number of nitro benzene ring substituents is 1. The van der Waals surface area contributed by atoms with Gasteiger partial charge >= 0.3 is 5.69 Å². The van der Waals surface area contributed by atoms with Crippen LogP contribution >= 0.6 is 0 Å². The number of nitro groups is 1. The highest BCUT2D eigenvalue weighted by Crippen LogP contribution is 2.31. The van der Waals surface area contributed by atoms with Crippen LogP contribution in [0.3, 0.4) is 0 Å². The lowest BCUT2D eigenvalue weighted by molar-refractivity contribution is -0.386. The van der Waals surface area contributed by atoms with Crippen molar-refractivity contribution >= 4 is 33.2 Å². The van der Waals surface area contributed by atoms with Crippen molar-refractivity contribution in [2.45, 2.75) is 18.7 Å². The van der Waals surface area contributed by atoms with Gasteiger partial charge in [-0.3, -0.25) is 19.7 Å². The highest BCUT2D eigenvalue weighted by molar-refractivity contribution is 7.89. The van der Waals surface area contributed by atoms with Crippen molar-refractivity contribution in [2.75, 3.05) is 32.1 Å². The SMILES string of the molecule is CCN(CC)S(=O)(=O)c1ccc(OCC(=O)Nc2ccc(C(=O)NC)cc2)c([N+](=O)[O-])c1. The van der Waals surface area contributed by atoms with Gasteiger partial charge in [-0.25, -0.2) is 8.42 Å². The number of hydrogen-bond donors (Lipinski definition) is 2. The van der Waals surface area contributed by atoms with Crippen molar-refractivity contribution in [3.8, 4) is 5.75 Å². The quantitative estimate of drug-likeness (QED) is 0.403. The van der Waals surface area contributed by atoms with E-state index in [4.69, 9.17) is 4.74 Å². The van der Waals surface area contributed by atoms with Crippen molar-refractivity contribution in [1.82, 2.24) is 9.62 Å². The molecule has 0 aliphatic heterocycles. The van der Waals surface area contributed by atoms with Gasteiger partial charge in [-0.05, 0) is 36.4 Å². The summed E-state index contributed by atoms with van der Waals surface area (Å²) < 4.78 is 31.7. The largest absolute Gasteiger partial charge is 0.477 e. The van der Waals surface area contributed by atoms with E-state index in [0.717, 1.165) is 12.1 Å². The highest BCUT2D eigenvalue weighted by atomic mass is 32.2. The van der Waals surface area contributed by atoms with Crippen LogP contribution in [0.1, 0.15) is 24.2 Å². The Morgan fingerprint density at radius 3 is 2.25 bits per heavy atom. The lowest BCUT2D eigenvalue weighted by Crippen LogP contribution is -2.30. The first-order chi connectivity index (χ1) is 15.1. The van der Waals surface area contributed by atoms with Crippen molar-refractivity contribution < 1.29 is 27.7 Å².